The van der Waals surface area contributed by atoms with E-state index in [9.17, 15) is 14.4 Å². The van der Waals surface area contributed by atoms with Gasteiger partial charge in [0.05, 0.1) is 13.0 Å². The molecule has 0 aliphatic rings. The molecule has 0 aromatic heterocycles. The zero-order valence-electron chi connectivity index (χ0n) is 19.2. The van der Waals surface area contributed by atoms with Gasteiger partial charge >= 0.3 is 11.9 Å². The predicted molar refractivity (Wildman–Crippen MR) is 120 cm³/mol. The summed E-state index contributed by atoms with van der Waals surface area (Å²) in [5, 5.41) is 0. The van der Waals surface area contributed by atoms with E-state index in [0.29, 0.717) is 12.0 Å². The summed E-state index contributed by atoms with van der Waals surface area (Å²) in [7, 11) is 1.36. The van der Waals surface area contributed by atoms with Gasteiger partial charge in [0.15, 0.2) is 5.78 Å². The Hall–Kier alpha value is -2.95. The fourth-order valence-corrected chi connectivity index (χ4v) is 3.50. The lowest BCUT2D eigenvalue weighted by Gasteiger charge is -2.33. The van der Waals surface area contributed by atoms with Gasteiger partial charge in [-0.15, -0.1) is 0 Å². The predicted octanol–water partition coefficient (Wildman–Crippen LogP) is 5.13. The largest absolute Gasteiger partial charge is 0.469 e. The molecule has 0 fully saturated rings. The third-order valence-corrected chi connectivity index (χ3v) is 5.40. The van der Waals surface area contributed by atoms with Crippen molar-refractivity contribution in [3.05, 3.63) is 71.3 Å². The van der Waals surface area contributed by atoms with Gasteiger partial charge in [0.25, 0.3) is 0 Å². The first-order valence-electron chi connectivity index (χ1n) is 10.5. The van der Waals surface area contributed by atoms with Gasteiger partial charge in [-0.1, -0.05) is 61.5 Å². The molecule has 5 heteroatoms. The van der Waals surface area contributed by atoms with Crippen LogP contribution in [0.5, 0.6) is 0 Å². The normalized spacial score (nSPS) is 14.3. The van der Waals surface area contributed by atoms with E-state index < -0.39 is 22.9 Å². The molecule has 0 saturated heterocycles. The first-order chi connectivity index (χ1) is 14.5. The van der Waals surface area contributed by atoms with Gasteiger partial charge < -0.3 is 9.47 Å². The second-order valence-corrected chi connectivity index (χ2v) is 8.80. The Morgan fingerprint density at radius 3 is 2.00 bits per heavy atom. The minimum absolute atomic E-state index is 0.207. The Labute approximate surface area is 184 Å². The highest BCUT2D eigenvalue weighted by Crippen LogP contribution is 2.35. The molecule has 0 N–H and O–H groups in total. The Balaban J connectivity index is 2.44. The van der Waals surface area contributed by atoms with E-state index in [-0.39, 0.29) is 18.2 Å². The van der Waals surface area contributed by atoms with Gasteiger partial charge in [-0.25, -0.2) is 0 Å². The second-order valence-electron chi connectivity index (χ2n) is 8.80. The quantitative estimate of drug-likeness (QED) is 0.334. The molecule has 2 unspecified atom stereocenters. The van der Waals surface area contributed by atoms with Gasteiger partial charge in [0.1, 0.15) is 11.0 Å². The molecular weight excluding hydrogens is 392 g/mol. The molecule has 2 aromatic carbocycles. The number of ether oxygens (including phenoxy) is 2. The molecule has 0 heterocycles. The summed E-state index contributed by atoms with van der Waals surface area (Å²) in [6.45, 7) is 8.99. The average molecular weight is 425 g/mol. The molecule has 2 aromatic rings. The van der Waals surface area contributed by atoms with E-state index in [1.807, 2.05) is 37.3 Å². The number of ketones is 1. The summed E-state index contributed by atoms with van der Waals surface area (Å²) in [6.07, 6.45) is 0.509. The molecule has 0 spiro atoms. The lowest BCUT2D eigenvalue weighted by Crippen LogP contribution is -2.45. The van der Waals surface area contributed by atoms with E-state index in [0.717, 1.165) is 11.1 Å². The van der Waals surface area contributed by atoms with E-state index in [1.165, 1.54) is 7.11 Å². The van der Waals surface area contributed by atoms with Crippen molar-refractivity contribution in [1.82, 2.24) is 0 Å². The summed E-state index contributed by atoms with van der Waals surface area (Å²) in [5.74, 6) is -1.49. The standard InChI is InChI=1S/C26H32O5/c1-7-26(24(29)31-25(3,4)5,22(27)21-11-9-8-10-12-21)17-19-13-15-20(16-14-19)18(2)23(28)30-6/h8-16,18H,7,17H2,1-6H3. The maximum absolute atomic E-state index is 13.6. The number of benzene rings is 2. The number of Topliss-reactive ketones (excluding diaryl/α,β-unsaturated/α-hetero) is 1. The molecule has 31 heavy (non-hydrogen) atoms. The van der Waals surface area contributed by atoms with E-state index in [4.69, 9.17) is 9.47 Å². The van der Waals surface area contributed by atoms with Crippen molar-refractivity contribution in [3.8, 4) is 0 Å². The van der Waals surface area contributed by atoms with Gasteiger partial charge in [0.2, 0.25) is 0 Å². The maximum Gasteiger partial charge on any atom is 0.320 e. The molecule has 0 saturated carbocycles. The molecule has 2 atom stereocenters. The number of carbonyl (C=O) groups excluding carboxylic acids is 3. The number of esters is 2. The number of hydrogen-bond donors (Lipinski definition) is 0. The SMILES string of the molecule is CCC(Cc1ccc(C(C)C(=O)OC)cc1)(C(=O)OC(C)(C)C)C(=O)c1ccccc1. The molecule has 0 aliphatic heterocycles. The van der Waals surface area contributed by atoms with Crippen LogP contribution in [0.1, 0.15) is 68.4 Å². The van der Waals surface area contributed by atoms with Gasteiger partial charge in [0, 0.05) is 5.56 Å². The third-order valence-electron chi connectivity index (χ3n) is 5.40. The summed E-state index contributed by atoms with van der Waals surface area (Å²) >= 11 is 0. The zero-order valence-corrected chi connectivity index (χ0v) is 19.2. The first-order valence-corrected chi connectivity index (χ1v) is 10.5. The molecule has 0 radical (unpaired) electrons. The van der Waals surface area contributed by atoms with Crippen LogP contribution in [0.2, 0.25) is 0 Å². The minimum atomic E-state index is -1.34. The second kappa shape index (κ2) is 9.90. The fourth-order valence-electron chi connectivity index (χ4n) is 3.50. The highest BCUT2D eigenvalue weighted by molar-refractivity contribution is 6.12. The van der Waals surface area contributed by atoms with Crippen LogP contribution >= 0.6 is 0 Å². The van der Waals surface area contributed by atoms with Crippen molar-refractivity contribution >= 4 is 17.7 Å². The highest BCUT2D eigenvalue weighted by atomic mass is 16.6. The number of hydrogen-bond acceptors (Lipinski definition) is 5. The van der Waals surface area contributed by atoms with Crippen LogP contribution in [0.15, 0.2) is 54.6 Å². The van der Waals surface area contributed by atoms with Crippen molar-refractivity contribution in [2.75, 3.05) is 7.11 Å². The van der Waals surface area contributed by atoms with Crippen molar-refractivity contribution in [3.63, 3.8) is 0 Å². The van der Waals surface area contributed by atoms with Crippen LogP contribution < -0.4 is 0 Å². The third kappa shape index (κ3) is 5.81. The molecule has 5 nitrogen and oxygen atoms in total. The van der Waals surface area contributed by atoms with Crippen molar-refractivity contribution in [1.29, 1.82) is 0 Å². The van der Waals surface area contributed by atoms with Crippen LogP contribution in [-0.4, -0.2) is 30.4 Å². The number of rotatable bonds is 8. The number of carbonyl (C=O) groups is 3. The molecule has 166 valence electrons. The summed E-state index contributed by atoms with van der Waals surface area (Å²) in [6, 6.07) is 16.2. The van der Waals surface area contributed by atoms with Gasteiger partial charge in [-0.05, 0) is 51.7 Å². The zero-order chi connectivity index (χ0) is 23.2. The summed E-state index contributed by atoms with van der Waals surface area (Å²) in [4.78, 5) is 38.7. The molecule has 0 bridgehead atoms. The fraction of sp³-hybridized carbons (Fsp3) is 0.423. The minimum Gasteiger partial charge on any atom is -0.469 e. The topological polar surface area (TPSA) is 69.7 Å². The van der Waals surface area contributed by atoms with Crippen LogP contribution in [-0.2, 0) is 25.5 Å². The van der Waals surface area contributed by atoms with E-state index in [2.05, 4.69) is 0 Å². The smallest absolute Gasteiger partial charge is 0.320 e. The Morgan fingerprint density at radius 1 is 0.935 bits per heavy atom. The lowest BCUT2D eigenvalue weighted by molar-refractivity contribution is -0.164. The van der Waals surface area contributed by atoms with Crippen molar-refractivity contribution in [2.45, 2.75) is 59.0 Å². The Morgan fingerprint density at radius 2 is 1.52 bits per heavy atom. The Bertz CT molecular complexity index is 909. The van der Waals surface area contributed by atoms with Crippen LogP contribution in [0.4, 0.5) is 0 Å². The van der Waals surface area contributed by atoms with Gasteiger partial charge in [-0.3, -0.25) is 14.4 Å². The molecule has 0 aliphatic carbocycles. The van der Waals surface area contributed by atoms with E-state index in [1.54, 1.807) is 52.0 Å². The summed E-state index contributed by atoms with van der Waals surface area (Å²) < 4.78 is 10.5. The maximum atomic E-state index is 13.6. The van der Waals surface area contributed by atoms with Crippen molar-refractivity contribution < 1.29 is 23.9 Å². The molecule has 2 rings (SSSR count). The van der Waals surface area contributed by atoms with Crippen molar-refractivity contribution in [2.24, 2.45) is 5.41 Å². The summed E-state index contributed by atoms with van der Waals surface area (Å²) in [5.41, 5.74) is 0.0478. The highest BCUT2D eigenvalue weighted by Gasteiger charge is 2.47. The molecule has 0 amide bonds. The van der Waals surface area contributed by atoms with E-state index >= 15 is 0 Å². The Kier molecular flexibility index (Phi) is 7.77. The first kappa shape index (κ1) is 24.3. The van der Waals surface area contributed by atoms with Crippen LogP contribution in [0.25, 0.3) is 0 Å². The molecular formula is C26H32O5. The lowest BCUT2D eigenvalue weighted by atomic mass is 9.73. The number of methoxy groups -OCH3 is 1. The van der Waals surface area contributed by atoms with Gasteiger partial charge in [-0.2, -0.15) is 0 Å². The van der Waals surface area contributed by atoms with Crippen LogP contribution in [0.3, 0.4) is 0 Å². The monoisotopic (exact) mass is 424 g/mol. The van der Waals surface area contributed by atoms with Crippen LogP contribution in [0, 0.1) is 5.41 Å². The average Bonchev–Trinajstić information content (AvgIpc) is 2.75.